The van der Waals surface area contributed by atoms with Gasteiger partial charge in [-0.3, -0.25) is 0 Å². The molecule has 1 fully saturated rings. The van der Waals surface area contributed by atoms with Gasteiger partial charge in [0.1, 0.15) is 18.3 Å². The van der Waals surface area contributed by atoms with E-state index in [4.69, 9.17) is 20.1 Å². The second kappa shape index (κ2) is 3.46. The van der Waals surface area contributed by atoms with Crippen LogP contribution in [0, 0.1) is 0 Å². The molecule has 1 rings (SSSR count). The molecule has 0 bridgehead atoms. The third-order valence-electron chi connectivity index (χ3n) is 1.73. The monoisotopic (exact) mass is 165 g/mol. The van der Waals surface area contributed by atoms with Crippen LogP contribution in [0.2, 0.25) is 0 Å². The van der Waals surface area contributed by atoms with E-state index >= 15 is 0 Å². The van der Waals surface area contributed by atoms with Crippen molar-refractivity contribution in [3.8, 4) is 0 Å². The van der Waals surface area contributed by atoms with Gasteiger partial charge in [-0.25, -0.2) is 0 Å². The molecule has 66 valence electrons. The lowest BCUT2D eigenvalue weighted by Gasteiger charge is -2.11. The summed E-state index contributed by atoms with van der Waals surface area (Å²) in [6.07, 6.45) is -3.71. The highest BCUT2D eigenvalue weighted by Crippen LogP contribution is 2.20. The maximum Gasteiger partial charge on any atom is 0.186 e. The topological polar surface area (TPSA) is 79.2 Å². The third-order valence-corrected chi connectivity index (χ3v) is 1.73. The van der Waals surface area contributed by atoms with Crippen molar-refractivity contribution in [2.24, 2.45) is 0 Å². The minimum Gasteiger partial charge on any atom is -0.394 e. The van der Waals surface area contributed by atoms with Crippen molar-refractivity contribution in [2.75, 3.05) is 13.7 Å². The first kappa shape index (κ1) is 8.89. The molecule has 5 heteroatoms. The molecule has 0 aromatic rings. The van der Waals surface area contributed by atoms with Crippen molar-refractivity contribution in [2.45, 2.75) is 24.6 Å². The van der Waals surface area contributed by atoms with E-state index in [0.717, 1.165) is 0 Å². The Bertz CT molecular complexity index is 110. The molecule has 5 nitrogen and oxygen atoms in total. The lowest BCUT2D eigenvalue weighted by atomic mass is 10.2. The SMILES string of the molecule is CO[13C@@H]1O[C@H](CO)[C@@H](O)[C@H]1O. The molecule has 3 N–H and O–H groups in total. The van der Waals surface area contributed by atoms with Crippen molar-refractivity contribution in [3.63, 3.8) is 0 Å². The van der Waals surface area contributed by atoms with Crippen LogP contribution in [0.3, 0.4) is 0 Å². The molecule has 0 radical (unpaired) electrons. The Kier molecular flexibility index (Phi) is 2.80. The summed E-state index contributed by atoms with van der Waals surface area (Å²) in [5.74, 6) is 0. The highest BCUT2D eigenvalue weighted by Gasteiger charge is 2.42. The predicted molar refractivity (Wildman–Crippen MR) is 34.8 cm³/mol. The lowest BCUT2D eigenvalue weighted by molar-refractivity contribution is -0.153. The zero-order chi connectivity index (χ0) is 8.43. The van der Waals surface area contributed by atoms with Crippen LogP contribution in [0.4, 0.5) is 0 Å². The van der Waals surface area contributed by atoms with Crippen LogP contribution >= 0.6 is 0 Å². The fourth-order valence-electron chi connectivity index (χ4n) is 1.06. The molecule has 1 aliphatic rings. The fraction of sp³-hybridized carbons (Fsp3) is 1.00. The molecular formula is C6H12O5. The zero-order valence-corrected chi connectivity index (χ0v) is 6.17. The summed E-state index contributed by atoms with van der Waals surface area (Å²) in [5.41, 5.74) is 0. The standard InChI is InChI=1S/C6H12O5/c1-10-6-5(9)4(8)3(2-7)11-6/h3-9H,2H2,1H3/t3-,4-,5-,6-/m1/s1/i6+1. The van der Waals surface area contributed by atoms with E-state index in [1.807, 2.05) is 0 Å². The van der Waals surface area contributed by atoms with Crippen LogP contribution in [-0.2, 0) is 9.47 Å². The zero-order valence-electron chi connectivity index (χ0n) is 6.17. The summed E-state index contributed by atoms with van der Waals surface area (Å²) in [4.78, 5) is 0. The predicted octanol–water partition coefficient (Wildman–Crippen LogP) is -1.93. The highest BCUT2D eigenvalue weighted by molar-refractivity contribution is 4.85. The van der Waals surface area contributed by atoms with E-state index in [1.165, 1.54) is 7.11 Å². The van der Waals surface area contributed by atoms with Gasteiger partial charge in [-0.15, -0.1) is 0 Å². The molecule has 0 saturated carbocycles. The molecule has 1 saturated heterocycles. The van der Waals surface area contributed by atoms with E-state index in [0.29, 0.717) is 0 Å². The van der Waals surface area contributed by atoms with Gasteiger partial charge in [0.15, 0.2) is 6.29 Å². The summed E-state index contributed by atoms with van der Waals surface area (Å²) in [7, 11) is 1.36. The van der Waals surface area contributed by atoms with E-state index in [-0.39, 0.29) is 6.61 Å². The number of ether oxygens (including phenoxy) is 2. The summed E-state index contributed by atoms with van der Waals surface area (Å²) >= 11 is 0. The van der Waals surface area contributed by atoms with Crippen LogP contribution in [-0.4, -0.2) is 53.6 Å². The van der Waals surface area contributed by atoms with Crippen LogP contribution in [0.5, 0.6) is 0 Å². The molecule has 0 aromatic heterocycles. The average molecular weight is 165 g/mol. The summed E-state index contributed by atoms with van der Waals surface area (Å²) < 4.78 is 9.59. The van der Waals surface area contributed by atoms with E-state index in [1.54, 1.807) is 0 Å². The average Bonchev–Trinajstić information content (AvgIpc) is 2.30. The molecular weight excluding hydrogens is 153 g/mol. The number of aliphatic hydroxyl groups is 3. The van der Waals surface area contributed by atoms with E-state index in [2.05, 4.69) is 4.74 Å². The first-order chi connectivity index (χ1) is 5.20. The van der Waals surface area contributed by atoms with Crippen LogP contribution < -0.4 is 0 Å². The largest absolute Gasteiger partial charge is 0.394 e. The molecule has 0 aromatic carbocycles. The fourth-order valence-corrected chi connectivity index (χ4v) is 1.06. The Morgan fingerprint density at radius 1 is 1.36 bits per heavy atom. The maximum atomic E-state index is 9.15. The molecule has 0 unspecified atom stereocenters. The van der Waals surface area contributed by atoms with Crippen LogP contribution in [0.25, 0.3) is 0 Å². The lowest BCUT2D eigenvalue weighted by Crippen LogP contribution is -2.34. The van der Waals surface area contributed by atoms with Crippen molar-refractivity contribution in [1.29, 1.82) is 0 Å². The molecule has 1 heterocycles. The Balaban J connectivity index is 2.53. The quantitative estimate of drug-likeness (QED) is 0.415. The second-order valence-electron chi connectivity index (χ2n) is 2.44. The summed E-state index contributed by atoms with van der Waals surface area (Å²) in [6.45, 7) is -0.321. The smallest absolute Gasteiger partial charge is 0.186 e. The molecule has 0 aliphatic carbocycles. The highest BCUT2D eigenvalue weighted by atomic mass is 16.8. The van der Waals surface area contributed by atoms with E-state index < -0.39 is 24.6 Å². The van der Waals surface area contributed by atoms with Crippen molar-refractivity contribution >= 4 is 0 Å². The molecule has 11 heavy (non-hydrogen) atoms. The van der Waals surface area contributed by atoms with Crippen LogP contribution in [0.1, 0.15) is 0 Å². The first-order valence-electron chi connectivity index (χ1n) is 3.36. The first-order valence-corrected chi connectivity index (χ1v) is 3.36. The van der Waals surface area contributed by atoms with Gasteiger partial charge in [-0.2, -0.15) is 0 Å². The number of rotatable bonds is 2. The van der Waals surface area contributed by atoms with Gasteiger partial charge in [0.05, 0.1) is 6.61 Å². The Hall–Kier alpha value is -0.200. The number of hydrogen-bond donors (Lipinski definition) is 3. The van der Waals surface area contributed by atoms with Gasteiger partial charge in [0.2, 0.25) is 0 Å². The minimum atomic E-state index is -1.07. The number of methoxy groups -OCH3 is 1. The third kappa shape index (κ3) is 1.52. The molecule has 0 spiro atoms. The Labute approximate surface area is 64.2 Å². The van der Waals surface area contributed by atoms with Gasteiger partial charge < -0.3 is 24.8 Å². The van der Waals surface area contributed by atoms with Gasteiger partial charge in [0, 0.05) is 7.11 Å². The summed E-state index contributed by atoms with van der Waals surface area (Å²) in [5, 5.41) is 26.9. The van der Waals surface area contributed by atoms with Crippen molar-refractivity contribution in [3.05, 3.63) is 0 Å². The normalized spacial score (nSPS) is 44.7. The molecule has 4 atom stereocenters. The van der Waals surface area contributed by atoms with Gasteiger partial charge >= 0.3 is 0 Å². The van der Waals surface area contributed by atoms with Crippen molar-refractivity contribution < 1.29 is 24.8 Å². The van der Waals surface area contributed by atoms with Gasteiger partial charge in [0.25, 0.3) is 0 Å². The number of aliphatic hydroxyl groups excluding tert-OH is 3. The number of hydrogen-bond acceptors (Lipinski definition) is 5. The maximum absolute atomic E-state index is 9.15. The minimum absolute atomic E-state index is 0.321. The van der Waals surface area contributed by atoms with Gasteiger partial charge in [-0.1, -0.05) is 0 Å². The summed E-state index contributed by atoms with van der Waals surface area (Å²) in [6, 6.07) is 0. The van der Waals surface area contributed by atoms with Crippen molar-refractivity contribution in [1.82, 2.24) is 0 Å². The second-order valence-corrected chi connectivity index (χ2v) is 2.44. The van der Waals surface area contributed by atoms with Gasteiger partial charge in [-0.05, 0) is 0 Å². The Morgan fingerprint density at radius 3 is 2.27 bits per heavy atom. The van der Waals surface area contributed by atoms with Crippen LogP contribution in [0.15, 0.2) is 0 Å². The van der Waals surface area contributed by atoms with E-state index in [9.17, 15) is 0 Å². The molecule has 1 aliphatic heterocycles. The molecule has 0 amide bonds. The Morgan fingerprint density at radius 2 is 2.00 bits per heavy atom.